The summed E-state index contributed by atoms with van der Waals surface area (Å²) in [6.45, 7) is 5.61. The van der Waals surface area contributed by atoms with Gasteiger partial charge in [-0.15, -0.1) is 0 Å². The Balaban J connectivity index is 1.82. The smallest absolute Gasteiger partial charge is 0.226 e. The van der Waals surface area contributed by atoms with Gasteiger partial charge in [0.25, 0.3) is 0 Å². The van der Waals surface area contributed by atoms with E-state index in [0.717, 1.165) is 17.8 Å². The molecule has 6 nitrogen and oxygen atoms in total. The maximum absolute atomic E-state index is 12.1. The first-order valence-corrected chi connectivity index (χ1v) is 8.94. The lowest BCUT2D eigenvalue weighted by Gasteiger charge is -2.12. The van der Waals surface area contributed by atoms with Gasteiger partial charge < -0.3 is 16.0 Å². The van der Waals surface area contributed by atoms with Gasteiger partial charge in [-0.1, -0.05) is 23.7 Å². The Labute approximate surface area is 159 Å². The standard InChI is InChI=1S/C19H24ClN5O/c1-3-21-19(24-13-15-6-4-5-10-22-15)23-11-9-18(26)25-17-8-7-14(2)12-16(17)20/h4-8,10,12H,3,9,11,13H2,1-2H3,(H,25,26)(H2,21,23,24). The summed E-state index contributed by atoms with van der Waals surface area (Å²) in [6, 6.07) is 11.3. The Morgan fingerprint density at radius 3 is 2.77 bits per heavy atom. The van der Waals surface area contributed by atoms with E-state index in [9.17, 15) is 4.79 Å². The molecule has 0 radical (unpaired) electrons. The van der Waals surface area contributed by atoms with Crippen molar-refractivity contribution in [2.45, 2.75) is 26.8 Å². The lowest BCUT2D eigenvalue weighted by Crippen LogP contribution is -2.38. The molecular weight excluding hydrogens is 350 g/mol. The van der Waals surface area contributed by atoms with Gasteiger partial charge in [-0.05, 0) is 43.7 Å². The van der Waals surface area contributed by atoms with E-state index in [1.165, 1.54) is 0 Å². The third kappa shape index (κ3) is 6.72. The molecule has 0 spiro atoms. The first kappa shape index (κ1) is 19.7. The number of nitrogens with one attached hydrogen (secondary N) is 3. The Morgan fingerprint density at radius 1 is 1.23 bits per heavy atom. The number of guanidine groups is 1. The van der Waals surface area contributed by atoms with Crippen molar-refractivity contribution in [3.05, 3.63) is 58.9 Å². The van der Waals surface area contributed by atoms with Crippen LogP contribution in [-0.4, -0.2) is 29.9 Å². The molecule has 138 valence electrons. The molecule has 2 rings (SSSR count). The van der Waals surface area contributed by atoms with Crippen molar-refractivity contribution in [2.75, 3.05) is 18.4 Å². The van der Waals surface area contributed by atoms with Crippen LogP contribution < -0.4 is 16.0 Å². The molecule has 0 aliphatic heterocycles. The van der Waals surface area contributed by atoms with Crippen LogP contribution in [0.15, 0.2) is 47.6 Å². The monoisotopic (exact) mass is 373 g/mol. The SMILES string of the molecule is CCNC(=NCc1ccccn1)NCCC(=O)Nc1ccc(C)cc1Cl. The Bertz CT molecular complexity index is 749. The zero-order chi connectivity index (χ0) is 18.8. The van der Waals surface area contributed by atoms with E-state index in [1.54, 1.807) is 12.3 Å². The van der Waals surface area contributed by atoms with Crippen LogP contribution >= 0.6 is 11.6 Å². The van der Waals surface area contributed by atoms with Crippen LogP contribution in [0.4, 0.5) is 5.69 Å². The maximum atomic E-state index is 12.1. The summed E-state index contributed by atoms with van der Waals surface area (Å²) in [5, 5.41) is 9.66. The van der Waals surface area contributed by atoms with Crippen LogP contribution in [0.1, 0.15) is 24.6 Å². The van der Waals surface area contributed by atoms with Crippen LogP contribution in [-0.2, 0) is 11.3 Å². The maximum Gasteiger partial charge on any atom is 0.226 e. The number of benzene rings is 1. The number of carbonyl (C=O) groups excluding carboxylic acids is 1. The summed E-state index contributed by atoms with van der Waals surface area (Å²) in [6.07, 6.45) is 2.05. The van der Waals surface area contributed by atoms with E-state index < -0.39 is 0 Å². The Morgan fingerprint density at radius 2 is 2.08 bits per heavy atom. The number of halogens is 1. The number of amides is 1. The molecule has 0 bridgehead atoms. The van der Waals surface area contributed by atoms with E-state index in [1.807, 2.05) is 44.2 Å². The molecule has 0 atom stereocenters. The summed E-state index contributed by atoms with van der Waals surface area (Å²) in [7, 11) is 0. The molecule has 7 heteroatoms. The minimum atomic E-state index is -0.108. The van der Waals surface area contributed by atoms with Gasteiger partial charge in [-0.3, -0.25) is 9.78 Å². The summed E-state index contributed by atoms with van der Waals surface area (Å²) in [4.78, 5) is 20.8. The highest BCUT2D eigenvalue weighted by molar-refractivity contribution is 6.33. The predicted octanol–water partition coefficient (Wildman–Crippen LogP) is 3.13. The zero-order valence-corrected chi connectivity index (χ0v) is 15.8. The molecule has 0 aliphatic carbocycles. The number of nitrogens with zero attached hydrogens (tertiary/aromatic N) is 2. The number of pyridine rings is 1. The van der Waals surface area contributed by atoms with Crippen LogP contribution in [0.5, 0.6) is 0 Å². The fourth-order valence-corrected chi connectivity index (χ4v) is 2.50. The second-order valence-electron chi connectivity index (χ2n) is 5.72. The molecule has 1 heterocycles. The number of hydrogen-bond donors (Lipinski definition) is 3. The van der Waals surface area contributed by atoms with Crippen molar-refractivity contribution < 1.29 is 4.79 Å². The average molecular weight is 374 g/mol. The van der Waals surface area contributed by atoms with E-state index in [0.29, 0.717) is 36.2 Å². The van der Waals surface area contributed by atoms with Crippen LogP contribution in [0.2, 0.25) is 5.02 Å². The number of anilines is 1. The minimum Gasteiger partial charge on any atom is -0.357 e. The van der Waals surface area contributed by atoms with E-state index in [2.05, 4.69) is 25.9 Å². The molecule has 2 aromatic rings. The third-order valence-electron chi connectivity index (χ3n) is 3.51. The highest BCUT2D eigenvalue weighted by atomic mass is 35.5. The summed E-state index contributed by atoms with van der Waals surface area (Å²) in [5.74, 6) is 0.545. The van der Waals surface area contributed by atoms with Gasteiger partial charge in [-0.25, -0.2) is 4.99 Å². The second-order valence-corrected chi connectivity index (χ2v) is 6.13. The normalized spacial score (nSPS) is 11.1. The number of aromatic nitrogens is 1. The van der Waals surface area contributed by atoms with Crippen molar-refractivity contribution in [3.8, 4) is 0 Å². The molecule has 3 N–H and O–H groups in total. The molecule has 26 heavy (non-hydrogen) atoms. The van der Waals surface area contributed by atoms with Gasteiger partial charge in [0.2, 0.25) is 5.91 Å². The lowest BCUT2D eigenvalue weighted by atomic mass is 10.2. The van der Waals surface area contributed by atoms with Crippen molar-refractivity contribution in [1.29, 1.82) is 0 Å². The topological polar surface area (TPSA) is 78.4 Å². The quantitative estimate of drug-likeness (QED) is 0.514. The molecule has 0 saturated carbocycles. The first-order chi connectivity index (χ1) is 12.6. The molecule has 1 amide bonds. The van der Waals surface area contributed by atoms with Gasteiger partial charge >= 0.3 is 0 Å². The third-order valence-corrected chi connectivity index (χ3v) is 3.83. The highest BCUT2D eigenvalue weighted by Gasteiger charge is 2.06. The van der Waals surface area contributed by atoms with Crippen molar-refractivity contribution in [2.24, 2.45) is 4.99 Å². The van der Waals surface area contributed by atoms with Gasteiger partial charge in [-0.2, -0.15) is 0 Å². The number of hydrogen-bond acceptors (Lipinski definition) is 3. The van der Waals surface area contributed by atoms with E-state index in [-0.39, 0.29) is 5.91 Å². The molecule has 0 aliphatic rings. The summed E-state index contributed by atoms with van der Waals surface area (Å²) < 4.78 is 0. The zero-order valence-electron chi connectivity index (χ0n) is 15.1. The number of aliphatic imine (C=N–C) groups is 1. The van der Waals surface area contributed by atoms with Gasteiger partial charge in [0.15, 0.2) is 5.96 Å². The number of rotatable bonds is 7. The van der Waals surface area contributed by atoms with Crippen molar-refractivity contribution >= 4 is 29.2 Å². The highest BCUT2D eigenvalue weighted by Crippen LogP contribution is 2.22. The second kappa shape index (κ2) is 10.4. The van der Waals surface area contributed by atoms with Gasteiger partial charge in [0, 0.05) is 25.7 Å². The average Bonchev–Trinajstić information content (AvgIpc) is 2.63. The molecular formula is C19H24ClN5O. The molecule has 1 aromatic carbocycles. The Kier molecular flexibility index (Phi) is 7.89. The largest absolute Gasteiger partial charge is 0.357 e. The molecule has 1 aromatic heterocycles. The fraction of sp³-hybridized carbons (Fsp3) is 0.316. The van der Waals surface area contributed by atoms with Crippen LogP contribution in [0.3, 0.4) is 0 Å². The van der Waals surface area contributed by atoms with Crippen molar-refractivity contribution in [1.82, 2.24) is 15.6 Å². The molecule has 0 unspecified atom stereocenters. The van der Waals surface area contributed by atoms with Crippen LogP contribution in [0, 0.1) is 6.92 Å². The van der Waals surface area contributed by atoms with E-state index in [4.69, 9.17) is 11.6 Å². The summed E-state index contributed by atoms with van der Waals surface area (Å²) in [5.41, 5.74) is 2.56. The predicted molar refractivity (Wildman–Crippen MR) is 106 cm³/mol. The lowest BCUT2D eigenvalue weighted by molar-refractivity contribution is -0.116. The minimum absolute atomic E-state index is 0.108. The van der Waals surface area contributed by atoms with Crippen molar-refractivity contribution in [3.63, 3.8) is 0 Å². The Hall–Kier alpha value is -2.60. The number of carbonyl (C=O) groups is 1. The van der Waals surface area contributed by atoms with Crippen LogP contribution in [0.25, 0.3) is 0 Å². The van der Waals surface area contributed by atoms with Gasteiger partial charge in [0.1, 0.15) is 0 Å². The van der Waals surface area contributed by atoms with Gasteiger partial charge in [0.05, 0.1) is 22.9 Å². The summed E-state index contributed by atoms with van der Waals surface area (Å²) >= 11 is 6.13. The number of aryl methyl sites for hydroxylation is 1. The molecule has 0 fully saturated rings. The van der Waals surface area contributed by atoms with E-state index >= 15 is 0 Å². The first-order valence-electron chi connectivity index (χ1n) is 8.56. The fourth-order valence-electron chi connectivity index (χ4n) is 2.22. The molecule has 0 saturated heterocycles.